The molecule has 0 heterocycles. The van der Waals surface area contributed by atoms with Gasteiger partial charge in [0, 0.05) is 12.6 Å². The van der Waals surface area contributed by atoms with Crippen LogP contribution in [0.1, 0.15) is 32.3 Å². The SMILES string of the molecule is CC(C)NCC1(Cc2ccccc2)CC1. The molecule has 0 atom stereocenters. The van der Waals surface area contributed by atoms with Crippen molar-refractivity contribution in [2.45, 2.75) is 39.2 Å². The third-order valence-corrected chi connectivity index (χ3v) is 3.26. The van der Waals surface area contributed by atoms with E-state index in [1.165, 1.54) is 31.4 Å². The summed E-state index contributed by atoms with van der Waals surface area (Å²) in [6, 6.07) is 11.5. The fourth-order valence-electron chi connectivity index (χ4n) is 2.04. The summed E-state index contributed by atoms with van der Waals surface area (Å²) in [4.78, 5) is 0. The van der Waals surface area contributed by atoms with Gasteiger partial charge in [-0.15, -0.1) is 0 Å². The van der Waals surface area contributed by atoms with Crippen molar-refractivity contribution in [1.82, 2.24) is 5.32 Å². The first-order valence-corrected chi connectivity index (χ1v) is 5.98. The van der Waals surface area contributed by atoms with E-state index >= 15 is 0 Å². The van der Waals surface area contributed by atoms with Crippen molar-refractivity contribution in [3.63, 3.8) is 0 Å². The van der Waals surface area contributed by atoms with Gasteiger partial charge in [0.25, 0.3) is 0 Å². The van der Waals surface area contributed by atoms with Crippen LogP contribution < -0.4 is 5.32 Å². The highest BCUT2D eigenvalue weighted by Crippen LogP contribution is 2.47. The molecule has 1 nitrogen and oxygen atoms in total. The average Bonchev–Trinajstić information content (AvgIpc) is 2.97. The van der Waals surface area contributed by atoms with E-state index < -0.39 is 0 Å². The molecule has 1 N–H and O–H groups in total. The molecule has 2 rings (SSSR count). The van der Waals surface area contributed by atoms with Crippen molar-refractivity contribution in [1.29, 1.82) is 0 Å². The molecule has 0 saturated heterocycles. The lowest BCUT2D eigenvalue weighted by atomic mass is 9.96. The highest BCUT2D eigenvalue weighted by molar-refractivity contribution is 5.18. The van der Waals surface area contributed by atoms with Crippen LogP contribution in [0, 0.1) is 5.41 Å². The standard InChI is InChI=1S/C14H21N/c1-12(2)15-11-14(8-9-14)10-13-6-4-3-5-7-13/h3-7,12,15H,8-11H2,1-2H3. The Bertz CT molecular complexity index is 298. The molecule has 1 aliphatic rings. The Morgan fingerprint density at radius 3 is 2.40 bits per heavy atom. The van der Waals surface area contributed by atoms with E-state index in [1.54, 1.807) is 0 Å². The van der Waals surface area contributed by atoms with Gasteiger partial charge in [-0.05, 0) is 30.2 Å². The zero-order chi connectivity index (χ0) is 10.7. The number of rotatable bonds is 5. The highest BCUT2D eigenvalue weighted by Gasteiger charge is 2.41. The summed E-state index contributed by atoms with van der Waals surface area (Å²) in [5.74, 6) is 0. The van der Waals surface area contributed by atoms with E-state index in [0.717, 1.165) is 0 Å². The molecule has 0 spiro atoms. The van der Waals surface area contributed by atoms with Crippen LogP contribution in [0.5, 0.6) is 0 Å². The second-order valence-corrected chi connectivity index (χ2v) is 5.20. The zero-order valence-electron chi connectivity index (χ0n) is 9.79. The minimum absolute atomic E-state index is 0.575. The molecule has 0 radical (unpaired) electrons. The highest BCUT2D eigenvalue weighted by atomic mass is 14.9. The van der Waals surface area contributed by atoms with E-state index in [0.29, 0.717) is 11.5 Å². The first kappa shape index (κ1) is 10.7. The smallest absolute Gasteiger partial charge is 0.00134 e. The van der Waals surface area contributed by atoms with Crippen LogP contribution in [0.2, 0.25) is 0 Å². The van der Waals surface area contributed by atoms with Crippen LogP contribution in [-0.4, -0.2) is 12.6 Å². The largest absolute Gasteiger partial charge is 0.314 e. The summed E-state index contributed by atoms with van der Waals surface area (Å²) in [6.45, 7) is 5.62. The lowest BCUT2D eigenvalue weighted by Crippen LogP contribution is -2.30. The van der Waals surface area contributed by atoms with Crippen molar-refractivity contribution < 1.29 is 0 Å². The number of benzene rings is 1. The fraction of sp³-hybridized carbons (Fsp3) is 0.571. The van der Waals surface area contributed by atoms with E-state index in [9.17, 15) is 0 Å². The maximum atomic E-state index is 3.57. The molecule has 1 fully saturated rings. The predicted molar refractivity (Wildman–Crippen MR) is 65.0 cm³/mol. The van der Waals surface area contributed by atoms with Gasteiger partial charge in [-0.3, -0.25) is 0 Å². The second-order valence-electron chi connectivity index (χ2n) is 5.20. The minimum atomic E-state index is 0.575. The van der Waals surface area contributed by atoms with Crippen molar-refractivity contribution in [2.24, 2.45) is 5.41 Å². The predicted octanol–water partition coefficient (Wildman–Crippen LogP) is 3.01. The van der Waals surface area contributed by atoms with Gasteiger partial charge in [0.1, 0.15) is 0 Å². The maximum absolute atomic E-state index is 3.57. The molecule has 0 unspecified atom stereocenters. The molecule has 15 heavy (non-hydrogen) atoms. The second kappa shape index (κ2) is 4.36. The topological polar surface area (TPSA) is 12.0 Å². The third kappa shape index (κ3) is 3.07. The van der Waals surface area contributed by atoms with E-state index in [1.807, 2.05) is 0 Å². The van der Waals surface area contributed by atoms with Gasteiger partial charge in [0.15, 0.2) is 0 Å². The summed E-state index contributed by atoms with van der Waals surface area (Å²) in [5.41, 5.74) is 2.06. The quantitative estimate of drug-likeness (QED) is 0.775. The molecular weight excluding hydrogens is 182 g/mol. The Labute approximate surface area is 92.9 Å². The number of nitrogens with one attached hydrogen (secondary N) is 1. The van der Waals surface area contributed by atoms with Crippen LogP contribution in [0.15, 0.2) is 30.3 Å². The van der Waals surface area contributed by atoms with Gasteiger partial charge in [-0.1, -0.05) is 44.2 Å². The molecule has 0 aromatic heterocycles. The Hall–Kier alpha value is -0.820. The Balaban J connectivity index is 1.89. The van der Waals surface area contributed by atoms with Crippen molar-refractivity contribution in [2.75, 3.05) is 6.54 Å². The van der Waals surface area contributed by atoms with Gasteiger partial charge >= 0.3 is 0 Å². The normalized spacial score (nSPS) is 18.1. The number of hydrogen-bond acceptors (Lipinski definition) is 1. The van der Waals surface area contributed by atoms with Crippen LogP contribution >= 0.6 is 0 Å². The monoisotopic (exact) mass is 203 g/mol. The third-order valence-electron chi connectivity index (χ3n) is 3.26. The summed E-state index contributed by atoms with van der Waals surface area (Å²) in [7, 11) is 0. The minimum Gasteiger partial charge on any atom is -0.314 e. The van der Waals surface area contributed by atoms with Crippen molar-refractivity contribution >= 4 is 0 Å². The molecule has 1 aromatic carbocycles. The number of hydrogen-bond donors (Lipinski definition) is 1. The Kier molecular flexibility index (Phi) is 3.11. The van der Waals surface area contributed by atoms with Gasteiger partial charge in [-0.25, -0.2) is 0 Å². The first-order valence-electron chi connectivity index (χ1n) is 5.98. The van der Waals surface area contributed by atoms with Gasteiger partial charge in [0.05, 0.1) is 0 Å². The van der Waals surface area contributed by atoms with Crippen LogP contribution in [0.4, 0.5) is 0 Å². The van der Waals surface area contributed by atoms with E-state index in [4.69, 9.17) is 0 Å². The molecule has 0 bridgehead atoms. The first-order chi connectivity index (χ1) is 7.20. The summed E-state index contributed by atoms with van der Waals surface area (Å²) in [6.07, 6.45) is 4.02. The fourth-order valence-corrected chi connectivity index (χ4v) is 2.04. The van der Waals surface area contributed by atoms with Crippen LogP contribution in [-0.2, 0) is 6.42 Å². The van der Waals surface area contributed by atoms with Gasteiger partial charge in [-0.2, -0.15) is 0 Å². The summed E-state index contributed by atoms with van der Waals surface area (Å²) in [5, 5.41) is 3.57. The van der Waals surface area contributed by atoms with Crippen LogP contribution in [0.25, 0.3) is 0 Å². The molecule has 1 aromatic rings. The van der Waals surface area contributed by atoms with Gasteiger partial charge < -0.3 is 5.32 Å². The van der Waals surface area contributed by atoms with E-state index in [-0.39, 0.29) is 0 Å². The zero-order valence-corrected chi connectivity index (χ0v) is 9.79. The molecule has 0 amide bonds. The average molecular weight is 203 g/mol. The van der Waals surface area contributed by atoms with E-state index in [2.05, 4.69) is 49.5 Å². The molecular formula is C14H21N. The summed E-state index contributed by atoms with van der Waals surface area (Å²) < 4.78 is 0. The molecule has 82 valence electrons. The van der Waals surface area contributed by atoms with Gasteiger partial charge in [0.2, 0.25) is 0 Å². The Morgan fingerprint density at radius 1 is 1.20 bits per heavy atom. The maximum Gasteiger partial charge on any atom is 0.00134 e. The Morgan fingerprint density at radius 2 is 1.87 bits per heavy atom. The lowest BCUT2D eigenvalue weighted by Gasteiger charge is -2.18. The molecule has 1 saturated carbocycles. The van der Waals surface area contributed by atoms with Crippen molar-refractivity contribution in [3.8, 4) is 0 Å². The molecule has 1 heteroatoms. The van der Waals surface area contributed by atoms with Crippen LogP contribution in [0.3, 0.4) is 0 Å². The molecule has 1 aliphatic carbocycles. The lowest BCUT2D eigenvalue weighted by molar-refractivity contribution is 0.429. The molecule has 0 aliphatic heterocycles. The van der Waals surface area contributed by atoms with Crippen molar-refractivity contribution in [3.05, 3.63) is 35.9 Å². The summed E-state index contributed by atoms with van der Waals surface area (Å²) >= 11 is 0.